The molecular formula is C32H35N7O4. The van der Waals surface area contributed by atoms with Gasteiger partial charge in [-0.3, -0.25) is 18.8 Å². The van der Waals surface area contributed by atoms with Crippen LogP contribution in [0.1, 0.15) is 34.6 Å². The van der Waals surface area contributed by atoms with Gasteiger partial charge in [-0.1, -0.05) is 24.3 Å². The highest BCUT2D eigenvalue weighted by Gasteiger charge is 2.31. The maximum Gasteiger partial charge on any atom is 0.333 e. The largest absolute Gasteiger partial charge is 0.490 e. The van der Waals surface area contributed by atoms with Crippen molar-refractivity contribution in [2.24, 2.45) is 0 Å². The molecule has 2 aromatic carbocycles. The van der Waals surface area contributed by atoms with Gasteiger partial charge in [0.2, 0.25) is 0 Å². The van der Waals surface area contributed by atoms with Gasteiger partial charge in [0.1, 0.15) is 11.4 Å². The molecule has 1 saturated carbocycles. The van der Waals surface area contributed by atoms with E-state index in [1.54, 1.807) is 23.0 Å². The fraction of sp³-hybridized carbons (Fsp3) is 0.375. The standard InChI is InChI=1S/C32H35N7O4/c40-31(36-18-22-4-1-2-5-27(22)30-33-12-3-13-34-30)29-28-19-35-23(20-37-14-16-42-17-15-37)21-38(28)32(41)39(29)24-6-8-25(9-7-24)43-26-10-11-26/h1-9,12-13,23,26,35H,10-11,14-21H2,(H,36,40). The number of aromatic nitrogens is 4. The normalized spacial score (nSPS) is 18.7. The van der Waals surface area contributed by atoms with E-state index in [0.29, 0.717) is 36.0 Å². The number of benzene rings is 2. The van der Waals surface area contributed by atoms with Gasteiger partial charge in [0.15, 0.2) is 5.82 Å². The molecular weight excluding hydrogens is 546 g/mol. The second kappa shape index (κ2) is 12.1. The zero-order valence-corrected chi connectivity index (χ0v) is 23.9. The van der Waals surface area contributed by atoms with Gasteiger partial charge in [-0.15, -0.1) is 0 Å². The van der Waals surface area contributed by atoms with Gasteiger partial charge in [0.05, 0.1) is 30.7 Å². The molecule has 1 aliphatic carbocycles. The molecule has 1 atom stereocenters. The van der Waals surface area contributed by atoms with Gasteiger partial charge in [0.25, 0.3) is 5.91 Å². The second-order valence-corrected chi connectivity index (χ2v) is 11.2. The molecule has 0 spiro atoms. The summed E-state index contributed by atoms with van der Waals surface area (Å²) in [6.07, 6.45) is 5.80. The second-order valence-electron chi connectivity index (χ2n) is 11.2. The van der Waals surface area contributed by atoms with Gasteiger partial charge in [-0.25, -0.2) is 14.8 Å². The van der Waals surface area contributed by atoms with E-state index in [1.165, 1.54) is 4.57 Å². The Balaban J connectivity index is 1.19. The van der Waals surface area contributed by atoms with Crippen molar-refractivity contribution >= 4 is 5.91 Å². The number of carbonyl (C=O) groups excluding carboxylic acids is 1. The van der Waals surface area contributed by atoms with Crippen molar-refractivity contribution in [2.75, 3.05) is 32.8 Å². The Labute approximate surface area is 249 Å². The van der Waals surface area contributed by atoms with Crippen molar-refractivity contribution in [2.45, 2.75) is 44.6 Å². The lowest BCUT2D eigenvalue weighted by Crippen LogP contribution is -2.50. The topological polar surface area (TPSA) is 116 Å². The first-order chi connectivity index (χ1) is 21.1. The minimum Gasteiger partial charge on any atom is -0.490 e. The molecule has 7 rings (SSSR count). The molecule has 2 fully saturated rings. The Morgan fingerprint density at radius 3 is 2.56 bits per heavy atom. The van der Waals surface area contributed by atoms with Crippen molar-refractivity contribution in [1.82, 2.24) is 34.6 Å². The van der Waals surface area contributed by atoms with Gasteiger partial charge in [-0.2, -0.15) is 0 Å². The number of rotatable bonds is 9. The maximum atomic E-state index is 14.0. The Kier molecular flexibility index (Phi) is 7.75. The number of ether oxygens (including phenoxy) is 2. The van der Waals surface area contributed by atoms with Crippen LogP contribution in [0.2, 0.25) is 0 Å². The number of morpholine rings is 1. The fourth-order valence-electron chi connectivity index (χ4n) is 5.81. The van der Waals surface area contributed by atoms with E-state index in [4.69, 9.17) is 9.47 Å². The number of hydrogen-bond acceptors (Lipinski definition) is 8. The van der Waals surface area contributed by atoms with E-state index in [2.05, 4.69) is 25.5 Å². The molecule has 1 amide bonds. The highest BCUT2D eigenvalue weighted by atomic mass is 16.5. The first kappa shape index (κ1) is 27.5. The lowest BCUT2D eigenvalue weighted by Gasteiger charge is -2.33. The fourth-order valence-corrected chi connectivity index (χ4v) is 5.81. The average Bonchev–Trinajstić information content (AvgIpc) is 3.83. The summed E-state index contributed by atoms with van der Waals surface area (Å²) in [5, 5.41) is 6.66. The minimum absolute atomic E-state index is 0.0853. The molecule has 0 bridgehead atoms. The molecule has 1 saturated heterocycles. The van der Waals surface area contributed by atoms with Crippen molar-refractivity contribution in [3.63, 3.8) is 0 Å². The van der Waals surface area contributed by atoms with Crippen LogP contribution in [0.3, 0.4) is 0 Å². The summed E-state index contributed by atoms with van der Waals surface area (Å²) in [6.45, 7) is 5.16. The third-order valence-corrected chi connectivity index (χ3v) is 8.19. The molecule has 0 radical (unpaired) electrons. The Morgan fingerprint density at radius 2 is 1.79 bits per heavy atom. The summed E-state index contributed by atoms with van der Waals surface area (Å²) in [4.78, 5) is 39.1. The monoisotopic (exact) mass is 581 g/mol. The lowest BCUT2D eigenvalue weighted by atomic mass is 10.1. The quantitative estimate of drug-likeness (QED) is 0.310. The van der Waals surface area contributed by atoms with Gasteiger partial charge >= 0.3 is 5.69 Å². The molecule has 4 heterocycles. The van der Waals surface area contributed by atoms with Crippen LogP contribution >= 0.6 is 0 Å². The first-order valence-electron chi connectivity index (χ1n) is 14.9. The Morgan fingerprint density at radius 1 is 1.02 bits per heavy atom. The molecule has 11 nitrogen and oxygen atoms in total. The molecule has 2 aromatic heterocycles. The summed E-state index contributed by atoms with van der Waals surface area (Å²) in [6, 6.07) is 17.0. The third-order valence-electron chi connectivity index (χ3n) is 8.19. The van der Waals surface area contributed by atoms with Crippen molar-refractivity contribution < 1.29 is 14.3 Å². The predicted octanol–water partition coefficient (Wildman–Crippen LogP) is 2.37. The van der Waals surface area contributed by atoms with Crippen molar-refractivity contribution in [1.29, 1.82) is 0 Å². The highest BCUT2D eigenvalue weighted by Crippen LogP contribution is 2.28. The van der Waals surface area contributed by atoms with E-state index in [-0.39, 0.29) is 30.3 Å². The number of imidazole rings is 1. The van der Waals surface area contributed by atoms with Gasteiger partial charge in [0, 0.05) is 63.3 Å². The number of carbonyl (C=O) groups is 1. The van der Waals surface area contributed by atoms with Crippen LogP contribution in [-0.2, 0) is 24.4 Å². The number of nitrogens with zero attached hydrogens (tertiary/aromatic N) is 5. The van der Waals surface area contributed by atoms with Crippen LogP contribution in [0.5, 0.6) is 5.75 Å². The summed E-state index contributed by atoms with van der Waals surface area (Å²) >= 11 is 0. The van der Waals surface area contributed by atoms with E-state index in [1.807, 2.05) is 48.5 Å². The van der Waals surface area contributed by atoms with Crippen LogP contribution in [0.15, 0.2) is 71.8 Å². The molecule has 3 aliphatic rings. The molecule has 11 heteroatoms. The zero-order chi connectivity index (χ0) is 29.2. The number of fused-ring (bicyclic) bond motifs is 1. The van der Waals surface area contributed by atoms with Gasteiger partial charge < -0.3 is 20.1 Å². The summed E-state index contributed by atoms with van der Waals surface area (Å²) in [7, 11) is 0. The van der Waals surface area contributed by atoms with Crippen LogP contribution in [0, 0.1) is 0 Å². The molecule has 4 aromatic rings. The summed E-state index contributed by atoms with van der Waals surface area (Å²) in [5.41, 5.74) is 3.16. The molecule has 1 unspecified atom stereocenters. The SMILES string of the molecule is O=C(NCc1ccccc1-c1ncccn1)c1c2n(c(=O)n1-c1ccc(OC3CC3)cc1)CC(CN1CCOCC1)NC2. The van der Waals surface area contributed by atoms with Gasteiger partial charge in [-0.05, 0) is 48.7 Å². The van der Waals surface area contributed by atoms with E-state index >= 15 is 0 Å². The summed E-state index contributed by atoms with van der Waals surface area (Å²) in [5.74, 6) is 1.04. The first-order valence-corrected chi connectivity index (χ1v) is 14.9. The van der Waals surface area contributed by atoms with Crippen LogP contribution in [-0.4, -0.2) is 74.9 Å². The van der Waals surface area contributed by atoms with Crippen molar-refractivity contribution in [3.8, 4) is 22.8 Å². The summed E-state index contributed by atoms with van der Waals surface area (Å²) < 4.78 is 14.7. The number of nitrogens with one attached hydrogen (secondary N) is 2. The average molecular weight is 582 g/mol. The molecule has 2 aliphatic heterocycles. The lowest BCUT2D eigenvalue weighted by molar-refractivity contribution is 0.0317. The number of amides is 1. The van der Waals surface area contributed by atoms with Crippen LogP contribution in [0.25, 0.3) is 17.1 Å². The highest BCUT2D eigenvalue weighted by molar-refractivity contribution is 5.94. The molecule has 2 N–H and O–H groups in total. The number of hydrogen-bond donors (Lipinski definition) is 2. The third kappa shape index (κ3) is 5.96. The van der Waals surface area contributed by atoms with Crippen molar-refractivity contribution in [3.05, 3.63) is 94.4 Å². The Bertz CT molecular complexity index is 1640. The van der Waals surface area contributed by atoms with E-state index in [9.17, 15) is 9.59 Å². The van der Waals surface area contributed by atoms with E-state index in [0.717, 1.165) is 62.6 Å². The van der Waals surface area contributed by atoms with E-state index < -0.39 is 0 Å². The molecule has 43 heavy (non-hydrogen) atoms. The van der Waals surface area contributed by atoms with Crippen LogP contribution < -0.4 is 21.1 Å². The minimum atomic E-state index is -0.318. The van der Waals surface area contributed by atoms with Crippen LogP contribution in [0.4, 0.5) is 0 Å². The zero-order valence-electron chi connectivity index (χ0n) is 23.9. The molecule has 222 valence electrons. The maximum absolute atomic E-state index is 14.0. The smallest absolute Gasteiger partial charge is 0.333 e. The Hall–Kier alpha value is -4.32. The predicted molar refractivity (Wildman–Crippen MR) is 160 cm³/mol.